The molecule has 6 heteroatoms. The van der Waals surface area contributed by atoms with E-state index in [0.29, 0.717) is 19.3 Å². The molecule has 0 radical (unpaired) electrons. The minimum atomic E-state index is -0.828. The monoisotopic (exact) mass is 915 g/mol. The van der Waals surface area contributed by atoms with Crippen LogP contribution < -0.4 is 0 Å². The summed E-state index contributed by atoms with van der Waals surface area (Å²) in [4.78, 5) is 38.0. The maximum atomic E-state index is 12.8. The fourth-order valence-electron chi connectivity index (χ4n) is 7.03. The molecule has 374 valence electrons. The van der Waals surface area contributed by atoms with Crippen molar-refractivity contribution in [2.24, 2.45) is 0 Å². The Hall–Kier alpha value is -3.93. The maximum Gasteiger partial charge on any atom is 0.306 e. The number of esters is 3. The minimum absolute atomic E-state index is 0.119. The molecule has 0 aromatic rings. The lowest BCUT2D eigenvalue weighted by Gasteiger charge is -2.18. The minimum Gasteiger partial charge on any atom is -0.462 e. The molecule has 0 aromatic carbocycles. The van der Waals surface area contributed by atoms with Crippen LogP contribution in [0.5, 0.6) is 0 Å². The van der Waals surface area contributed by atoms with E-state index in [2.05, 4.69) is 93.7 Å². The van der Waals surface area contributed by atoms with Gasteiger partial charge in [-0.2, -0.15) is 0 Å². The Morgan fingerprint density at radius 2 is 0.667 bits per heavy atom. The van der Waals surface area contributed by atoms with Gasteiger partial charge in [0.1, 0.15) is 13.2 Å². The van der Waals surface area contributed by atoms with Gasteiger partial charge in [-0.15, -0.1) is 0 Å². The van der Waals surface area contributed by atoms with E-state index in [1.807, 2.05) is 36.5 Å². The normalized spacial score (nSPS) is 13.0. The van der Waals surface area contributed by atoms with Crippen LogP contribution in [0, 0.1) is 0 Å². The summed E-state index contributed by atoms with van der Waals surface area (Å²) in [5.41, 5.74) is 0. The molecule has 0 rings (SSSR count). The highest BCUT2D eigenvalue weighted by Gasteiger charge is 2.19. The van der Waals surface area contributed by atoms with Crippen LogP contribution in [0.3, 0.4) is 0 Å². The van der Waals surface area contributed by atoms with E-state index in [1.165, 1.54) is 96.3 Å². The summed E-state index contributed by atoms with van der Waals surface area (Å²) in [5, 5.41) is 0. The van der Waals surface area contributed by atoms with Gasteiger partial charge in [-0.25, -0.2) is 0 Å². The molecule has 0 aliphatic carbocycles. The van der Waals surface area contributed by atoms with E-state index in [1.54, 1.807) is 0 Å². The highest BCUT2D eigenvalue weighted by Crippen LogP contribution is 2.13. The summed E-state index contributed by atoms with van der Waals surface area (Å²) < 4.78 is 16.7. The molecule has 1 atom stereocenters. The van der Waals surface area contributed by atoms with Gasteiger partial charge in [-0.05, 0) is 103 Å². The molecule has 0 heterocycles. The molecule has 0 saturated carbocycles. The van der Waals surface area contributed by atoms with Crippen molar-refractivity contribution in [3.63, 3.8) is 0 Å². The highest BCUT2D eigenvalue weighted by atomic mass is 16.6. The molecule has 0 N–H and O–H groups in total. The first-order valence-electron chi connectivity index (χ1n) is 26.9. The summed E-state index contributed by atoms with van der Waals surface area (Å²) in [6.45, 7) is 6.37. The Morgan fingerprint density at radius 1 is 0.333 bits per heavy atom. The second-order valence-electron chi connectivity index (χ2n) is 17.5. The number of carbonyl (C=O) groups is 3. The SMILES string of the molecule is CC/C=C/C=C/C=C/C=C/CCCCCC(=O)OCC(COC(=O)CCCCCCC/C=C/CCCCCCCCCCC)OC(=O)CCC/C=C/C/C=C/C/C=C/C/C=C/CCCCC. The topological polar surface area (TPSA) is 78.9 Å². The van der Waals surface area contributed by atoms with E-state index in [-0.39, 0.29) is 37.5 Å². The Labute approximate surface area is 406 Å². The molecule has 6 nitrogen and oxygen atoms in total. The van der Waals surface area contributed by atoms with Crippen molar-refractivity contribution < 1.29 is 28.6 Å². The number of hydrogen-bond acceptors (Lipinski definition) is 6. The van der Waals surface area contributed by atoms with Crippen molar-refractivity contribution in [3.8, 4) is 0 Å². The van der Waals surface area contributed by atoms with E-state index in [4.69, 9.17) is 14.2 Å². The largest absolute Gasteiger partial charge is 0.462 e. The summed E-state index contributed by atoms with van der Waals surface area (Å²) in [5.74, 6) is -1.03. The van der Waals surface area contributed by atoms with Gasteiger partial charge in [0.2, 0.25) is 0 Å². The molecule has 0 aliphatic heterocycles. The average Bonchev–Trinajstić information content (AvgIpc) is 3.31. The van der Waals surface area contributed by atoms with Crippen LogP contribution in [0.25, 0.3) is 0 Å². The Kier molecular flexibility index (Phi) is 50.5. The standard InChI is InChI=1S/C60H98O6/c1-4-7-10-13-16-19-22-25-27-29-31-32-35-38-41-44-47-50-53-59(62)65-56-57(55-64-58(61)52-49-46-43-40-37-34-24-21-18-15-12-9-6-3)66-60(63)54-51-48-45-42-39-36-33-30-28-26-23-20-17-14-11-8-5-2/h9,12,15,17-18,20-21,24,26,28,31-34,36-37,42,45,57H,4-8,10-11,13-14,16,19,22-23,25,27,29-30,35,38-41,43-44,46-56H2,1-3H3/b12-9+,18-15+,20-17+,24-21+,28-26+,32-31+,36-33+,37-34+,45-42+. The predicted molar refractivity (Wildman–Crippen MR) is 283 cm³/mol. The van der Waals surface area contributed by atoms with Crippen LogP contribution in [0.1, 0.15) is 233 Å². The van der Waals surface area contributed by atoms with Crippen LogP contribution in [-0.2, 0) is 28.6 Å². The Bertz CT molecular complexity index is 1370. The first-order valence-corrected chi connectivity index (χ1v) is 26.9. The first-order chi connectivity index (χ1) is 32.5. The van der Waals surface area contributed by atoms with Gasteiger partial charge in [-0.1, -0.05) is 220 Å². The van der Waals surface area contributed by atoms with Gasteiger partial charge in [-0.3, -0.25) is 14.4 Å². The van der Waals surface area contributed by atoms with Gasteiger partial charge < -0.3 is 14.2 Å². The van der Waals surface area contributed by atoms with Gasteiger partial charge in [0.05, 0.1) is 0 Å². The maximum absolute atomic E-state index is 12.8. The van der Waals surface area contributed by atoms with Crippen LogP contribution in [0.2, 0.25) is 0 Å². The van der Waals surface area contributed by atoms with Crippen molar-refractivity contribution in [2.75, 3.05) is 13.2 Å². The summed E-state index contributed by atoms with van der Waals surface area (Å²) >= 11 is 0. The smallest absolute Gasteiger partial charge is 0.306 e. The fourth-order valence-corrected chi connectivity index (χ4v) is 7.03. The summed E-state index contributed by atoms with van der Waals surface area (Å²) in [6.07, 6.45) is 72.3. The molecule has 1 unspecified atom stereocenters. The quantitative estimate of drug-likeness (QED) is 0.0199. The molecule has 0 saturated heterocycles. The van der Waals surface area contributed by atoms with Crippen LogP contribution in [0.4, 0.5) is 0 Å². The van der Waals surface area contributed by atoms with E-state index in [0.717, 1.165) is 89.9 Å². The number of rotatable bonds is 47. The molecular weight excluding hydrogens is 817 g/mol. The third-order valence-corrected chi connectivity index (χ3v) is 11.1. The zero-order valence-corrected chi connectivity index (χ0v) is 42.7. The molecule has 0 bridgehead atoms. The number of hydrogen-bond donors (Lipinski definition) is 0. The zero-order chi connectivity index (χ0) is 47.9. The van der Waals surface area contributed by atoms with Crippen molar-refractivity contribution in [1.29, 1.82) is 0 Å². The van der Waals surface area contributed by atoms with Crippen LogP contribution >= 0.6 is 0 Å². The van der Waals surface area contributed by atoms with Crippen LogP contribution in [-0.4, -0.2) is 37.2 Å². The molecule has 0 amide bonds. The third kappa shape index (κ3) is 51.1. The molecule has 0 spiro atoms. The van der Waals surface area contributed by atoms with E-state index < -0.39 is 6.10 Å². The van der Waals surface area contributed by atoms with Gasteiger partial charge >= 0.3 is 17.9 Å². The molecule has 0 aromatic heterocycles. The fraction of sp³-hybridized carbons (Fsp3) is 0.650. The second kappa shape index (κ2) is 53.7. The first kappa shape index (κ1) is 62.1. The zero-order valence-electron chi connectivity index (χ0n) is 42.7. The Morgan fingerprint density at radius 3 is 1.17 bits per heavy atom. The lowest BCUT2D eigenvalue weighted by molar-refractivity contribution is -0.167. The average molecular weight is 915 g/mol. The third-order valence-electron chi connectivity index (χ3n) is 11.1. The molecule has 0 fully saturated rings. The predicted octanol–water partition coefficient (Wildman–Crippen LogP) is 17.9. The Balaban J connectivity index is 4.53. The van der Waals surface area contributed by atoms with Crippen molar-refractivity contribution in [1.82, 2.24) is 0 Å². The summed E-state index contributed by atoms with van der Waals surface area (Å²) in [6, 6.07) is 0. The van der Waals surface area contributed by atoms with Crippen molar-refractivity contribution in [3.05, 3.63) is 109 Å². The number of carbonyl (C=O) groups excluding carboxylic acids is 3. The number of allylic oxidation sites excluding steroid dienone is 18. The van der Waals surface area contributed by atoms with Crippen molar-refractivity contribution in [2.45, 2.75) is 239 Å². The molecule has 0 aliphatic rings. The molecule has 66 heavy (non-hydrogen) atoms. The summed E-state index contributed by atoms with van der Waals surface area (Å²) in [7, 11) is 0. The lowest BCUT2D eigenvalue weighted by atomic mass is 10.1. The van der Waals surface area contributed by atoms with Crippen molar-refractivity contribution >= 4 is 17.9 Å². The van der Waals surface area contributed by atoms with Gasteiger partial charge in [0, 0.05) is 19.3 Å². The van der Waals surface area contributed by atoms with E-state index in [9.17, 15) is 14.4 Å². The number of unbranched alkanes of at least 4 members (excludes halogenated alkanes) is 21. The lowest BCUT2D eigenvalue weighted by Crippen LogP contribution is -2.30. The second-order valence-corrected chi connectivity index (χ2v) is 17.5. The molecular formula is C60H98O6. The van der Waals surface area contributed by atoms with Crippen LogP contribution in [0.15, 0.2) is 109 Å². The van der Waals surface area contributed by atoms with Gasteiger partial charge in [0.15, 0.2) is 6.10 Å². The highest BCUT2D eigenvalue weighted by molar-refractivity contribution is 5.71. The van der Waals surface area contributed by atoms with Gasteiger partial charge in [0.25, 0.3) is 0 Å². The number of ether oxygens (including phenoxy) is 3. The van der Waals surface area contributed by atoms with E-state index >= 15 is 0 Å².